The maximum absolute atomic E-state index is 9.60. The molecule has 0 saturated carbocycles. The number of pyridine rings is 4. The zero-order valence-corrected chi connectivity index (χ0v) is 42.7. The van der Waals surface area contributed by atoms with E-state index in [0.29, 0.717) is 90.9 Å². The minimum absolute atomic E-state index is 0.286. The van der Waals surface area contributed by atoms with Gasteiger partial charge in [-0.1, -0.05) is 36.4 Å². The van der Waals surface area contributed by atoms with E-state index in [2.05, 4.69) is 84.5 Å². The van der Waals surface area contributed by atoms with Crippen molar-refractivity contribution in [3.8, 4) is 23.4 Å². The Balaban J connectivity index is 0.000000142. The van der Waals surface area contributed by atoms with Gasteiger partial charge in [0.25, 0.3) is 0 Å². The van der Waals surface area contributed by atoms with Crippen LogP contribution in [0.1, 0.15) is 38.8 Å². The normalized spacial score (nSPS) is 15.7. The van der Waals surface area contributed by atoms with Crippen molar-refractivity contribution in [1.29, 1.82) is 10.5 Å². The number of halogens is 1. The molecule has 74 heavy (non-hydrogen) atoms. The Morgan fingerprint density at radius 3 is 1.62 bits per heavy atom. The van der Waals surface area contributed by atoms with Crippen molar-refractivity contribution in [2.75, 3.05) is 84.5 Å². The maximum atomic E-state index is 9.60. The van der Waals surface area contributed by atoms with Crippen molar-refractivity contribution in [2.45, 2.75) is 38.9 Å². The molecule has 3 saturated heterocycles. The van der Waals surface area contributed by atoms with E-state index in [0.717, 1.165) is 56.7 Å². The Labute approximate surface area is 436 Å². The van der Waals surface area contributed by atoms with Crippen LogP contribution < -0.4 is 37.4 Å². The van der Waals surface area contributed by atoms with Crippen LogP contribution in [0, 0.1) is 22.7 Å². The van der Waals surface area contributed by atoms with Crippen LogP contribution in [0.25, 0.3) is 33.1 Å². The minimum Gasteiger partial charge on any atom is -0.399 e. The predicted octanol–water partition coefficient (Wildman–Crippen LogP) is 7.32. The second kappa shape index (κ2) is 22.3. The first kappa shape index (κ1) is 50.8. The molecule has 20 nitrogen and oxygen atoms in total. The van der Waals surface area contributed by atoms with Crippen LogP contribution in [0.4, 0.5) is 46.5 Å². The Kier molecular flexibility index (Phi) is 15.3. The highest BCUT2D eigenvalue weighted by molar-refractivity contribution is 9.10. The van der Waals surface area contributed by atoms with Gasteiger partial charge in [-0.15, -0.1) is 0 Å². The number of morpholine rings is 2. The molecule has 3 aliphatic heterocycles. The van der Waals surface area contributed by atoms with Crippen LogP contribution in [0.5, 0.6) is 0 Å². The van der Waals surface area contributed by atoms with Crippen molar-refractivity contribution >= 4 is 96.9 Å². The van der Waals surface area contributed by atoms with Gasteiger partial charge in [-0.2, -0.15) is 20.5 Å². The molecule has 0 spiro atoms. The summed E-state index contributed by atoms with van der Waals surface area (Å²) >= 11 is 3.47. The van der Waals surface area contributed by atoms with E-state index < -0.39 is 18.3 Å². The van der Waals surface area contributed by atoms with Crippen LogP contribution in [-0.2, 0) is 18.8 Å². The van der Waals surface area contributed by atoms with E-state index >= 15 is 0 Å². The number of rotatable bonds is 8. The van der Waals surface area contributed by atoms with Gasteiger partial charge in [0.2, 0.25) is 11.9 Å². The summed E-state index contributed by atoms with van der Waals surface area (Å²) in [5, 5.41) is 27.5. The number of para-hydroxylation sites is 2. The molecule has 8 aromatic rings. The lowest BCUT2D eigenvalue weighted by Gasteiger charge is -2.32. The number of hydrogen-bond acceptors (Lipinski definition) is 20. The van der Waals surface area contributed by atoms with Gasteiger partial charge in [-0.25, -0.2) is 19.9 Å². The average Bonchev–Trinajstić information content (AvgIpc) is 3.64. The molecular formula is C52H52BBrN16O4. The van der Waals surface area contributed by atoms with Gasteiger partial charge in [0.1, 0.15) is 33.9 Å². The van der Waals surface area contributed by atoms with Crippen LogP contribution >= 0.6 is 15.9 Å². The molecule has 2 aromatic carbocycles. The molecule has 0 aliphatic carbocycles. The number of nitriles is 2. The SMILES string of the molecule is Brc1cc(Nc2cnc3ccccc3c2)nc(N2CCOCC2)n1.CC1(C)OB(c2cnc(N)cc2C#N)OC1(C)C.N#Cc1cc(N)ncc1-c1cc(Nc2cnc3ccccc3c2)nc(N2CCOCC2)n1. The summed E-state index contributed by atoms with van der Waals surface area (Å²) in [4.78, 5) is 39.9. The molecule has 3 fully saturated rings. The largest absolute Gasteiger partial charge is 0.497 e. The molecule has 11 rings (SSSR count). The topological polar surface area (TPSA) is 270 Å². The molecular weight excluding hydrogens is 1000 g/mol. The second-order valence-corrected chi connectivity index (χ2v) is 19.1. The van der Waals surface area contributed by atoms with Gasteiger partial charge >= 0.3 is 7.12 Å². The van der Waals surface area contributed by atoms with Crippen molar-refractivity contribution in [1.82, 2.24) is 39.9 Å². The summed E-state index contributed by atoms with van der Waals surface area (Å²) in [5.41, 5.74) is 16.7. The van der Waals surface area contributed by atoms with Gasteiger partial charge < -0.3 is 50.7 Å². The maximum Gasteiger partial charge on any atom is 0.497 e. The first-order valence-corrected chi connectivity index (χ1v) is 24.5. The highest BCUT2D eigenvalue weighted by Gasteiger charge is 2.52. The summed E-state index contributed by atoms with van der Waals surface area (Å²) < 4.78 is 23.4. The third-order valence-corrected chi connectivity index (χ3v) is 13.0. The van der Waals surface area contributed by atoms with Crippen molar-refractivity contribution in [3.63, 3.8) is 0 Å². The number of benzene rings is 2. The van der Waals surface area contributed by atoms with E-state index in [1.165, 1.54) is 12.3 Å². The van der Waals surface area contributed by atoms with Gasteiger partial charge in [-0.3, -0.25) is 9.97 Å². The summed E-state index contributed by atoms with van der Waals surface area (Å²) in [5.74, 6) is 3.18. The first-order valence-electron chi connectivity index (χ1n) is 23.7. The standard InChI is InChI=1S/C23H20N8O.C17H16BrN5O.C12H16BN3O2/c24-12-16-10-21(25)27-14-18(16)20-11-22(30-23(29-20)31-5-7-32-8-6-31)28-17-9-15-3-1-2-4-19(15)26-13-17;18-15-10-16(22-17(21-15)23-5-7-24-8-6-23)20-13-9-12-3-1-2-4-14(12)19-11-13;1-11(2)12(3,4)18-13(17-11)9-7-16-10(15)5-8(9)6-14/h1-4,9-11,13-14H,5-8H2,(H2,25,27)(H,28,29,30);1-4,9-11H,5-8H2,(H,20,21,22);5,7H,1-4H3,(H2,15,16). The highest BCUT2D eigenvalue weighted by Crippen LogP contribution is 2.37. The fourth-order valence-corrected chi connectivity index (χ4v) is 8.37. The van der Waals surface area contributed by atoms with Crippen molar-refractivity contribution < 1.29 is 18.8 Å². The van der Waals surface area contributed by atoms with E-state index in [9.17, 15) is 5.26 Å². The molecule has 6 aromatic heterocycles. The number of fused-ring (bicyclic) bond motifs is 2. The number of nitrogens with two attached hydrogens (primary N) is 2. The Bertz CT molecular complexity index is 3380. The monoisotopic (exact) mass is 1050 g/mol. The molecule has 0 atom stereocenters. The first-order chi connectivity index (χ1) is 35.7. The molecule has 0 unspecified atom stereocenters. The summed E-state index contributed by atoms with van der Waals surface area (Å²) in [6.07, 6.45) is 6.69. The van der Waals surface area contributed by atoms with Crippen molar-refractivity contribution in [3.05, 3.63) is 125 Å². The predicted molar refractivity (Wildman–Crippen MR) is 289 cm³/mol. The number of nitrogen functional groups attached to an aromatic ring is 2. The van der Waals surface area contributed by atoms with E-state index in [1.54, 1.807) is 24.5 Å². The molecule has 0 radical (unpaired) electrons. The fourth-order valence-electron chi connectivity index (χ4n) is 8.00. The van der Waals surface area contributed by atoms with E-state index in [4.69, 9.17) is 45.5 Å². The number of anilines is 8. The summed E-state index contributed by atoms with van der Waals surface area (Å²) in [6.45, 7) is 13.4. The number of hydrogen-bond donors (Lipinski definition) is 4. The molecule has 374 valence electrons. The third-order valence-electron chi connectivity index (χ3n) is 12.6. The van der Waals surface area contributed by atoms with E-state index in [1.807, 2.05) is 94.6 Å². The minimum atomic E-state index is -0.585. The molecule has 6 N–H and O–H groups in total. The van der Waals surface area contributed by atoms with Crippen LogP contribution in [0.3, 0.4) is 0 Å². The van der Waals surface area contributed by atoms with Gasteiger partial charge in [0, 0.05) is 72.5 Å². The smallest absolute Gasteiger partial charge is 0.399 e. The van der Waals surface area contributed by atoms with Crippen molar-refractivity contribution in [2.24, 2.45) is 0 Å². The zero-order chi connectivity index (χ0) is 51.8. The highest BCUT2D eigenvalue weighted by atomic mass is 79.9. The number of nitrogens with one attached hydrogen (secondary N) is 2. The van der Waals surface area contributed by atoms with Crippen LogP contribution in [0.15, 0.2) is 114 Å². The Hall–Kier alpha value is -8.12. The quantitative estimate of drug-likeness (QED) is 0.0857. The number of nitrogens with zero attached hydrogens (tertiary/aromatic N) is 12. The Morgan fingerprint density at radius 1 is 0.595 bits per heavy atom. The number of ether oxygens (including phenoxy) is 2. The lowest BCUT2D eigenvalue weighted by Crippen LogP contribution is -2.41. The second-order valence-electron chi connectivity index (χ2n) is 18.3. The fraction of sp³-hybridized carbons (Fsp3) is 0.269. The summed E-state index contributed by atoms with van der Waals surface area (Å²) in [6, 6.07) is 31.0. The summed E-state index contributed by atoms with van der Waals surface area (Å²) in [7, 11) is -0.585. The molecule has 3 aliphatic rings. The molecule has 0 amide bonds. The molecule has 9 heterocycles. The van der Waals surface area contributed by atoms with E-state index in [-0.39, 0.29) is 5.82 Å². The van der Waals surface area contributed by atoms with Gasteiger partial charge in [-0.05, 0) is 80.0 Å². The van der Waals surface area contributed by atoms with Gasteiger partial charge in [0.15, 0.2) is 0 Å². The molecule has 0 bridgehead atoms. The van der Waals surface area contributed by atoms with Crippen LogP contribution in [0.2, 0.25) is 0 Å². The van der Waals surface area contributed by atoms with Gasteiger partial charge in [0.05, 0.1) is 95.3 Å². The molecule has 22 heteroatoms. The lowest BCUT2D eigenvalue weighted by atomic mass is 9.77. The van der Waals surface area contributed by atoms with Crippen LogP contribution in [-0.4, -0.2) is 111 Å². The lowest BCUT2D eigenvalue weighted by molar-refractivity contribution is 0.00578. The Morgan fingerprint density at radius 2 is 1.08 bits per heavy atom. The number of aromatic nitrogens is 8. The average molecular weight is 1060 g/mol. The third kappa shape index (κ3) is 12.0. The zero-order valence-electron chi connectivity index (χ0n) is 41.2.